The van der Waals surface area contributed by atoms with Gasteiger partial charge in [0, 0.05) is 14.3 Å². The Morgan fingerprint density at radius 1 is 0.351 bits per heavy atom. The molecule has 0 amide bonds. The smallest absolute Gasteiger partial charge is 0.119 e. The van der Waals surface area contributed by atoms with E-state index in [2.05, 4.69) is 90.4 Å². The lowest BCUT2D eigenvalue weighted by Gasteiger charge is -2.33. The van der Waals surface area contributed by atoms with Crippen molar-refractivity contribution in [2.45, 2.75) is 0 Å². The summed E-state index contributed by atoms with van der Waals surface area (Å²) in [6.45, 7) is 1.42. The number of halogens is 4. The zero-order chi connectivity index (χ0) is 26.1. The molecule has 0 bridgehead atoms. The molecule has 0 heterocycles. The maximum absolute atomic E-state index is 6.30. The van der Waals surface area contributed by atoms with Crippen molar-refractivity contribution in [3.8, 4) is 23.0 Å². The van der Waals surface area contributed by atoms with Crippen LogP contribution in [0.3, 0.4) is 0 Å². The van der Waals surface area contributed by atoms with Crippen molar-refractivity contribution >= 4 is 90.4 Å². The van der Waals surface area contributed by atoms with Crippen molar-refractivity contribution in [1.29, 1.82) is 0 Å². The molecule has 0 aromatic heterocycles. The first-order valence-electron chi connectivity index (χ1n) is 11.4. The summed E-state index contributed by atoms with van der Waals surface area (Å²) < 4.78 is 29.8. The molecule has 4 rings (SSSR count). The van der Waals surface area contributed by atoms with Gasteiger partial charge in [0.1, 0.15) is 54.8 Å². The molecule has 0 aliphatic carbocycles. The van der Waals surface area contributed by atoms with Crippen molar-refractivity contribution in [1.82, 2.24) is 0 Å². The van der Waals surface area contributed by atoms with E-state index in [4.69, 9.17) is 18.9 Å². The Morgan fingerprint density at radius 3 is 0.730 bits per heavy atom. The summed E-state index contributed by atoms with van der Waals surface area (Å²) in [5, 5.41) is 0. The summed E-state index contributed by atoms with van der Waals surface area (Å²) in [5.41, 5.74) is -0.599. The molecule has 0 aliphatic heterocycles. The third kappa shape index (κ3) is 9.60. The lowest BCUT2D eigenvalue weighted by atomic mass is 9.92. The summed E-state index contributed by atoms with van der Waals surface area (Å²) in [5.74, 6) is 3.18. The second-order valence-corrected chi connectivity index (χ2v) is 13.5. The molecule has 0 spiro atoms. The molecular formula is C29H24I4O4. The van der Waals surface area contributed by atoms with Gasteiger partial charge in [-0.15, -0.1) is 0 Å². The largest absolute Gasteiger partial charge is 0.493 e. The first kappa shape index (κ1) is 29.0. The van der Waals surface area contributed by atoms with Crippen LogP contribution in [0.4, 0.5) is 0 Å². The van der Waals surface area contributed by atoms with Crippen molar-refractivity contribution in [3.05, 3.63) is 111 Å². The Labute approximate surface area is 272 Å². The minimum atomic E-state index is -0.599. The van der Waals surface area contributed by atoms with Gasteiger partial charge in [0.25, 0.3) is 0 Å². The predicted molar refractivity (Wildman–Crippen MR) is 181 cm³/mol. The van der Waals surface area contributed by atoms with E-state index >= 15 is 0 Å². The zero-order valence-corrected chi connectivity index (χ0v) is 28.3. The molecule has 0 atom stereocenters. The van der Waals surface area contributed by atoms with Crippen LogP contribution in [0.5, 0.6) is 23.0 Å². The van der Waals surface area contributed by atoms with Gasteiger partial charge < -0.3 is 18.9 Å². The first-order chi connectivity index (χ1) is 17.9. The molecular weight excluding hydrogens is 920 g/mol. The first-order valence-corrected chi connectivity index (χ1v) is 15.7. The van der Waals surface area contributed by atoms with Crippen LogP contribution in [0.15, 0.2) is 97.1 Å². The molecule has 8 heteroatoms. The van der Waals surface area contributed by atoms with E-state index in [1.54, 1.807) is 0 Å². The lowest BCUT2D eigenvalue weighted by Crippen LogP contribution is -2.45. The van der Waals surface area contributed by atoms with Crippen LogP contribution < -0.4 is 18.9 Å². The predicted octanol–water partition coefficient (Wildman–Crippen LogP) is 8.71. The van der Waals surface area contributed by atoms with Gasteiger partial charge in [0.05, 0.1) is 0 Å². The van der Waals surface area contributed by atoms with Crippen molar-refractivity contribution in [2.75, 3.05) is 26.4 Å². The summed E-state index contributed by atoms with van der Waals surface area (Å²) in [6.07, 6.45) is 0. The van der Waals surface area contributed by atoms with E-state index in [0.717, 1.165) is 37.3 Å². The van der Waals surface area contributed by atoms with Gasteiger partial charge in [-0.05, 0) is 187 Å². The normalized spacial score (nSPS) is 11.1. The van der Waals surface area contributed by atoms with Crippen molar-refractivity contribution < 1.29 is 18.9 Å². The molecule has 0 unspecified atom stereocenters. The average Bonchev–Trinajstić information content (AvgIpc) is 2.91. The highest BCUT2D eigenvalue weighted by molar-refractivity contribution is 14.1. The second kappa shape index (κ2) is 14.4. The Balaban J connectivity index is 1.58. The fourth-order valence-electron chi connectivity index (χ4n) is 3.32. The van der Waals surface area contributed by atoms with Gasteiger partial charge in [0.15, 0.2) is 0 Å². The van der Waals surface area contributed by atoms with Gasteiger partial charge in [0.2, 0.25) is 0 Å². The Kier molecular flexibility index (Phi) is 11.3. The minimum absolute atomic E-state index is 0.354. The third-order valence-corrected chi connectivity index (χ3v) is 8.31. The van der Waals surface area contributed by atoms with Crippen LogP contribution in [0.25, 0.3) is 0 Å². The lowest BCUT2D eigenvalue weighted by molar-refractivity contribution is -0.00352. The number of hydrogen-bond acceptors (Lipinski definition) is 4. The molecule has 0 N–H and O–H groups in total. The number of ether oxygens (including phenoxy) is 4. The van der Waals surface area contributed by atoms with Crippen LogP contribution in [-0.2, 0) is 0 Å². The number of rotatable bonds is 12. The molecule has 4 aromatic carbocycles. The minimum Gasteiger partial charge on any atom is -0.493 e. The van der Waals surface area contributed by atoms with Crippen LogP contribution in [-0.4, -0.2) is 26.4 Å². The maximum atomic E-state index is 6.30. The molecule has 0 saturated carbocycles. The highest BCUT2D eigenvalue weighted by Gasteiger charge is 2.36. The maximum Gasteiger partial charge on any atom is 0.119 e. The van der Waals surface area contributed by atoms with E-state index in [1.807, 2.05) is 97.1 Å². The fourth-order valence-corrected chi connectivity index (χ4v) is 4.76. The summed E-state index contributed by atoms with van der Waals surface area (Å²) >= 11 is 9.16. The van der Waals surface area contributed by atoms with Crippen LogP contribution in [0.1, 0.15) is 0 Å². The highest BCUT2D eigenvalue weighted by Crippen LogP contribution is 2.27. The third-order valence-electron chi connectivity index (χ3n) is 5.43. The van der Waals surface area contributed by atoms with Gasteiger partial charge in [-0.25, -0.2) is 0 Å². The average molecular weight is 944 g/mol. The van der Waals surface area contributed by atoms with Crippen molar-refractivity contribution in [2.24, 2.45) is 5.41 Å². The topological polar surface area (TPSA) is 36.9 Å². The van der Waals surface area contributed by atoms with Crippen molar-refractivity contribution in [3.63, 3.8) is 0 Å². The molecule has 0 fully saturated rings. The van der Waals surface area contributed by atoms with Gasteiger partial charge in [-0.1, -0.05) is 0 Å². The van der Waals surface area contributed by atoms with E-state index < -0.39 is 5.41 Å². The molecule has 0 saturated heterocycles. The Morgan fingerprint density at radius 2 is 0.541 bits per heavy atom. The Bertz CT molecular complexity index is 1040. The second-order valence-electron chi connectivity index (χ2n) is 8.47. The molecule has 4 nitrogen and oxygen atoms in total. The fraction of sp³-hybridized carbons (Fsp3) is 0.172. The van der Waals surface area contributed by atoms with Gasteiger partial charge in [-0.2, -0.15) is 0 Å². The molecule has 192 valence electrons. The summed E-state index contributed by atoms with van der Waals surface area (Å²) in [4.78, 5) is 0. The SMILES string of the molecule is Ic1ccc(OCC(COc2ccc(I)cc2)(COc2ccc(I)cc2)COc2ccc(I)cc2)cc1. The summed E-state index contributed by atoms with van der Waals surface area (Å²) in [6, 6.07) is 32.1. The van der Waals surface area contributed by atoms with E-state index in [-0.39, 0.29) is 0 Å². The zero-order valence-electron chi connectivity index (χ0n) is 19.7. The molecule has 0 radical (unpaired) electrons. The quantitative estimate of drug-likeness (QED) is 0.133. The van der Waals surface area contributed by atoms with Crippen LogP contribution in [0.2, 0.25) is 0 Å². The van der Waals surface area contributed by atoms with E-state index in [1.165, 1.54) is 0 Å². The van der Waals surface area contributed by atoms with Crippen LogP contribution in [0, 0.1) is 19.7 Å². The molecule has 4 aromatic rings. The standard InChI is InChI=1S/C29H24I4O4/c30-21-1-9-25(10-2-21)34-17-29(18-35-26-11-3-22(31)4-12-26,19-36-27-13-5-23(32)6-14-27)20-37-28-15-7-24(33)8-16-28/h1-16H,17-20H2. The summed E-state index contributed by atoms with van der Waals surface area (Å²) in [7, 11) is 0. The van der Waals surface area contributed by atoms with Gasteiger partial charge >= 0.3 is 0 Å². The Hall–Kier alpha value is -1.00. The van der Waals surface area contributed by atoms with E-state index in [0.29, 0.717) is 26.4 Å². The number of hydrogen-bond donors (Lipinski definition) is 0. The monoisotopic (exact) mass is 944 g/mol. The van der Waals surface area contributed by atoms with E-state index in [9.17, 15) is 0 Å². The molecule has 0 aliphatic rings. The highest BCUT2D eigenvalue weighted by atomic mass is 127. The number of benzene rings is 4. The molecule has 37 heavy (non-hydrogen) atoms. The van der Waals surface area contributed by atoms with Gasteiger partial charge in [-0.3, -0.25) is 0 Å². The van der Waals surface area contributed by atoms with Crippen LogP contribution >= 0.6 is 90.4 Å².